The van der Waals surface area contributed by atoms with Gasteiger partial charge < -0.3 is 20.0 Å². The van der Waals surface area contributed by atoms with E-state index in [1.165, 1.54) is 11.3 Å². The van der Waals surface area contributed by atoms with Gasteiger partial charge in [-0.05, 0) is 47.9 Å². The maximum Gasteiger partial charge on any atom is 0.321 e. The molecule has 1 fully saturated rings. The van der Waals surface area contributed by atoms with Gasteiger partial charge >= 0.3 is 6.03 Å². The number of hydrogen-bond acceptors (Lipinski definition) is 3. The first-order valence-electron chi connectivity index (χ1n) is 9.62. The third kappa shape index (κ3) is 4.73. The molecule has 1 aliphatic rings. The standard InChI is InChI=1S/C22H30N4O/c1-17(2)18-5-9-21(10-6-18)25-13-15-26(16-14-25)22(27)23-19-7-11-20(12-8-19)24(3)4/h5-12,17H,13-16H2,1-4H3,(H,23,27). The molecule has 5 heteroatoms. The highest BCUT2D eigenvalue weighted by Gasteiger charge is 2.21. The van der Waals surface area contributed by atoms with Crippen molar-refractivity contribution in [2.45, 2.75) is 19.8 Å². The molecule has 3 rings (SSSR count). The zero-order chi connectivity index (χ0) is 19.4. The number of rotatable bonds is 4. The fraction of sp³-hybridized carbons (Fsp3) is 0.409. The van der Waals surface area contributed by atoms with Crippen molar-refractivity contribution in [1.29, 1.82) is 0 Å². The average molecular weight is 367 g/mol. The summed E-state index contributed by atoms with van der Waals surface area (Å²) in [6, 6.07) is 16.7. The van der Waals surface area contributed by atoms with Gasteiger partial charge in [0.25, 0.3) is 0 Å². The predicted molar refractivity (Wildman–Crippen MR) is 114 cm³/mol. The fourth-order valence-electron chi connectivity index (χ4n) is 3.28. The lowest BCUT2D eigenvalue weighted by molar-refractivity contribution is 0.208. The summed E-state index contributed by atoms with van der Waals surface area (Å²) in [6.07, 6.45) is 0. The SMILES string of the molecule is CC(C)c1ccc(N2CCN(C(=O)Nc3ccc(N(C)C)cc3)CC2)cc1. The molecule has 0 atom stereocenters. The molecule has 0 aliphatic carbocycles. The number of anilines is 3. The minimum absolute atomic E-state index is 0.0255. The first-order valence-corrected chi connectivity index (χ1v) is 9.62. The van der Waals surface area contributed by atoms with Gasteiger partial charge in [0.15, 0.2) is 0 Å². The third-order valence-electron chi connectivity index (χ3n) is 5.13. The van der Waals surface area contributed by atoms with Crippen LogP contribution in [0.2, 0.25) is 0 Å². The molecule has 0 unspecified atom stereocenters. The molecule has 0 bridgehead atoms. The lowest BCUT2D eigenvalue weighted by Crippen LogP contribution is -2.50. The second-order valence-electron chi connectivity index (χ2n) is 7.59. The number of piperazine rings is 1. The second kappa shape index (κ2) is 8.33. The first-order chi connectivity index (χ1) is 12.9. The smallest absolute Gasteiger partial charge is 0.321 e. The van der Waals surface area contributed by atoms with Crippen LogP contribution in [0.5, 0.6) is 0 Å². The van der Waals surface area contributed by atoms with Crippen LogP contribution in [0.4, 0.5) is 21.9 Å². The van der Waals surface area contributed by atoms with Crippen molar-refractivity contribution >= 4 is 23.1 Å². The zero-order valence-electron chi connectivity index (χ0n) is 16.8. The van der Waals surface area contributed by atoms with E-state index in [0.717, 1.165) is 37.6 Å². The molecule has 0 radical (unpaired) electrons. The Labute approximate surface area is 162 Å². The summed E-state index contributed by atoms with van der Waals surface area (Å²) in [6.45, 7) is 7.59. The molecule has 27 heavy (non-hydrogen) atoms. The largest absolute Gasteiger partial charge is 0.378 e. The number of benzene rings is 2. The van der Waals surface area contributed by atoms with Gasteiger partial charge in [0.2, 0.25) is 0 Å². The Morgan fingerprint density at radius 1 is 0.926 bits per heavy atom. The Hall–Kier alpha value is -2.69. The Kier molecular flexibility index (Phi) is 5.89. The quantitative estimate of drug-likeness (QED) is 0.880. The molecule has 5 nitrogen and oxygen atoms in total. The number of carbonyl (C=O) groups is 1. The highest BCUT2D eigenvalue weighted by Crippen LogP contribution is 2.22. The van der Waals surface area contributed by atoms with E-state index >= 15 is 0 Å². The summed E-state index contributed by atoms with van der Waals surface area (Å²) in [5.41, 5.74) is 4.54. The Morgan fingerprint density at radius 3 is 2.04 bits per heavy atom. The van der Waals surface area contributed by atoms with Gasteiger partial charge in [-0.25, -0.2) is 4.79 Å². The van der Waals surface area contributed by atoms with Crippen LogP contribution in [-0.2, 0) is 0 Å². The second-order valence-corrected chi connectivity index (χ2v) is 7.59. The minimum Gasteiger partial charge on any atom is -0.378 e. The van der Waals surface area contributed by atoms with Crippen LogP contribution in [0.1, 0.15) is 25.3 Å². The van der Waals surface area contributed by atoms with Crippen LogP contribution in [0.15, 0.2) is 48.5 Å². The predicted octanol–water partition coefficient (Wildman–Crippen LogP) is 4.23. The average Bonchev–Trinajstić information content (AvgIpc) is 2.68. The Morgan fingerprint density at radius 2 is 1.52 bits per heavy atom. The lowest BCUT2D eigenvalue weighted by atomic mass is 10.0. The number of carbonyl (C=O) groups excluding carboxylic acids is 1. The molecule has 0 aromatic heterocycles. The van der Waals surface area contributed by atoms with E-state index in [1.54, 1.807) is 0 Å². The van der Waals surface area contributed by atoms with E-state index in [9.17, 15) is 4.79 Å². The molecular formula is C22H30N4O. The molecule has 1 saturated heterocycles. The molecule has 1 N–H and O–H groups in total. The number of nitrogens with zero attached hydrogens (tertiary/aromatic N) is 3. The molecule has 2 aromatic rings. The van der Waals surface area contributed by atoms with Gasteiger partial charge in [0, 0.05) is 57.3 Å². The zero-order valence-corrected chi connectivity index (χ0v) is 16.8. The van der Waals surface area contributed by atoms with Crippen molar-refractivity contribution in [3.05, 3.63) is 54.1 Å². The van der Waals surface area contributed by atoms with Crippen molar-refractivity contribution in [3.8, 4) is 0 Å². The summed E-state index contributed by atoms with van der Waals surface area (Å²) in [7, 11) is 4.01. The summed E-state index contributed by atoms with van der Waals surface area (Å²) >= 11 is 0. The molecule has 0 saturated carbocycles. The van der Waals surface area contributed by atoms with Crippen LogP contribution in [0.3, 0.4) is 0 Å². The maximum atomic E-state index is 12.5. The number of amides is 2. The molecule has 0 spiro atoms. The van der Waals surface area contributed by atoms with Crippen LogP contribution in [-0.4, -0.2) is 51.2 Å². The number of hydrogen-bond donors (Lipinski definition) is 1. The van der Waals surface area contributed by atoms with Gasteiger partial charge in [0.1, 0.15) is 0 Å². The minimum atomic E-state index is -0.0255. The fourth-order valence-corrected chi connectivity index (χ4v) is 3.28. The van der Waals surface area contributed by atoms with E-state index in [2.05, 4.69) is 48.3 Å². The van der Waals surface area contributed by atoms with Crippen molar-refractivity contribution in [1.82, 2.24) is 4.90 Å². The van der Waals surface area contributed by atoms with Gasteiger partial charge in [0.05, 0.1) is 0 Å². The van der Waals surface area contributed by atoms with E-state index in [0.29, 0.717) is 5.92 Å². The first kappa shape index (κ1) is 19.1. The topological polar surface area (TPSA) is 38.8 Å². The summed E-state index contributed by atoms with van der Waals surface area (Å²) in [5.74, 6) is 0.548. The molecule has 1 aliphatic heterocycles. The van der Waals surface area contributed by atoms with E-state index in [4.69, 9.17) is 0 Å². The maximum absolute atomic E-state index is 12.5. The molecular weight excluding hydrogens is 336 g/mol. The normalized spacial score (nSPS) is 14.4. The molecule has 2 amide bonds. The van der Waals surface area contributed by atoms with E-state index in [-0.39, 0.29) is 6.03 Å². The van der Waals surface area contributed by atoms with E-state index in [1.807, 2.05) is 48.2 Å². The molecule has 144 valence electrons. The molecule has 2 aromatic carbocycles. The Balaban J connectivity index is 1.53. The van der Waals surface area contributed by atoms with Gasteiger partial charge in [-0.1, -0.05) is 26.0 Å². The number of urea groups is 1. The highest BCUT2D eigenvalue weighted by atomic mass is 16.2. The molecule has 1 heterocycles. The summed E-state index contributed by atoms with van der Waals surface area (Å²) < 4.78 is 0. The van der Waals surface area contributed by atoms with Crippen LogP contribution >= 0.6 is 0 Å². The monoisotopic (exact) mass is 366 g/mol. The number of nitrogens with one attached hydrogen (secondary N) is 1. The van der Waals surface area contributed by atoms with Crippen molar-refractivity contribution in [3.63, 3.8) is 0 Å². The van der Waals surface area contributed by atoms with Crippen molar-refractivity contribution in [2.75, 3.05) is 55.4 Å². The lowest BCUT2D eigenvalue weighted by Gasteiger charge is -2.36. The van der Waals surface area contributed by atoms with Gasteiger partial charge in [-0.15, -0.1) is 0 Å². The Bertz CT molecular complexity index is 745. The third-order valence-corrected chi connectivity index (χ3v) is 5.13. The highest BCUT2D eigenvalue weighted by molar-refractivity contribution is 5.89. The van der Waals surface area contributed by atoms with Gasteiger partial charge in [-0.2, -0.15) is 0 Å². The van der Waals surface area contributed by atoms with Gasteiger partial charge in [-0.3, -0.25) is 0 Å². The van der Waals surface area contributed by atoms with Crippen LogP contribution in [0, 0.1) is 0 Å². The van der Waals surface area contributed by atoms with Crippen LogP contribution < -0.4 is 15.1 Å². The van der Waals surface area contributed by atoms with Crippen LogP contribution in [0.25, 0.3) is 0 Å². The summed E-state index contributed by atoms with van der Waals surface area (Å²) in [4.78, 5) is 18.8. The van der Waals surface area contributed by atoms with Crippen molar-refractivity contribution in [2.24, 2.45) is 0 Å². The van der Waals surface area contributed by atoms with E-state index < -0.39 is 0 Å². The summed E-state index contributed by atoms with van der Waals surface area (Å²) in [5, 5.41) is 3.00. The van der Waals surface area contributed by atoms with Crippen molar-refractivity contribution < 1.29 is 4.79 Å².